The van der Waals surface area contributed by atoms with Crippen molar-refractivity contribution >= 4 is 22.1 Å². The first-order valence-electron chi connectivity index (χ1n) is 8.57. The largest absolute Gasteiger partial charge is 0.345 e. The van der Waals surface area contributed by atoms with Gasteiger partial charge in [-0.2, -0.15) is 10.2 Å². The lowest BCUT2D eigenvalue weighted by atomic mass is 10.3. The highest BCUT2D eigenvalue weighted by Crippen LogP contribution is 2.06. The van der Waals surface area contributed by atoms with E-state index < -0.39 is 0 Å². The van der Waals surface area contributed by atoms with Crippen molar-refractivity contribution in [2.75, 3.05) is 0 Å². The topological polar surface area (TPSA) is 115 Å². The van der Waals surface area contributed by atoms with Crippen LogP contribution in [0.25, 0.3) is 22.1 Å². The summed E-state index contributed by atoms with van der Waals surface area (Å²) in [6.07, 6.45) is 10.3. The standard InChI is InChI=1S/2C7H6N2.2C3H4N2/c2*1-2-4-7-6(3-1)8-5-9-7;2*1-2-4-5-3-1/h2*1-5H,(H,8,9);2*1-3H,(H,4,5). The molecule has 0 unspecified atom stereocenters. The van der Waals surface area contributed by atoms with Crippen molar-refractivity contribution in [3.63, 3.8) is 0 Å². The Hall–Kier alpha value is -4.20. The van der Waals surface area contributed by atoms with Gasteiger partial charge in [0.25, 0.3) is 0 Å². The van der Waals surface area contributed by atoms with Gasteiger partial charge in [0.1, 0.15) is 0 Å². The number of fused-ring (bicyclic) bond motifs is 2. The van der Waals surface area contributed by atoms with E-state index in [1.54, 1.807) is 37.4 Å². The van der Waals surface area contributed by atoms with E-state index in [1.807, 2.05) is 60.7 Å². The maximum absolute atomic E-state index is 4.06. The monoisotopic (exact) mass is 372 g/mol. The van der Waals surface area contributed by atoms with Gasteiger partial charge < -0.3 is 9.97 Å². The summed E-state index contributed by atoms with van der Waals surface area (Å²) in [7, 11) is 0. The van der Waals surface area contributed by atoms with Crippen LogP contribution in [0.2, 0.25) is 0 Å². The molecule has 0 bridgehead atoms. The molecule has 0 amide bonds. The summed E-state index contributed by atoms with van der Waals surface area (Å²) in [4.78, 5) is 14.1. The van der Waals surface area contributed by atoms with Crippen LogP contribution in [0.5, 0.6) is 0 Å². The maximum Gasteiger partial charge on any atom is 0.0931 e. The minimum absolute atomic E-state index is 1.03. The molecule has 2 aromatic carbocycles. The molecule has 6 aromatic rings. The molecule has 140 valence electrons. The molecule has 0 spiro atoms. The average molecular weight is 372 g/mol. The highest BCUT2D eigenvalue weighted by molar-refractivity contribution is 5.74. The molecule has 4 N–H and O–H groups in total. The summed E-state index contributed by atoms with van der Waals surface area (Å²) >= 11 is 0. The summed E-state index contributed by atoms with van der Waals surface area (Å²) < 4.78 is 0. The zero-order chi connectivity index (χ0) is 19.3. The zero-order valence-electron chi connectivity index (χ0n) is 15.0. The van der Waals surface area contributed by atoms with E-state index in [1.165, 1.54) is 0 Å². The van der Waals surface area contributed by atoms with E-state index in [-0.39, 0.29) is 0 Å². The van der Waals surface area contributed by atoms with Gasteiger partial charge in [0, 0.05) is 24.8 Å². The molecular formula is C20H20N8. The highest BCUT2D eigenvalue weighted by atomic mass is 15.1. The lowest BCUT2D eigenvalue weighted by Gasteiger charge is -1.81. The van der Waals surface area contributed by atoms with Gasteiger partial charge in [0.05, 0.1) is 34.7 Å². The molecule has 0 radical (unpaired) electrons. The van der Waals surface area contributed by atoms with Crippen LogP contribution in [0.15, 0.2) is 98.1 Å². The van der Waals surface area contributed by atoms with Crippen LogP contribution in [0.3, 0.4) is 0 Å². The number of rotatable bonds is 0. The van der Waals surface area contributed by atoms with Crippen molar-refractivity contribution in [1.29, 1.82) is 0 Å². The fourth-order valence-electron chi connectivity index (χ4n) is 2.19. The molecule has 0 aliphatic carbocycles. The summed E-state index contributed by atoms with van der Waals surface area (Å²) in [6.45, 7) is 0. The molecule has 8 nitrogen and oxygen atoms in total. The van der Waals surface area contributed by atoms with Crippen molar-refractivity contribution < 1.29 is 0 Å². The van der Waals surface area contributed by atoms with Crippen molar-refractivity contribution in [2.24, 2.45) is 0 Å². The number of para-hydroxylation sites is 4. The fraction of sp³-hybridized carbons (Fsp3) is 0. The number of hydrogen-bond acceptors (Lipinski definition) is 4. The third-order valence-electron chi connectivity index (χ3n) is 3.47. The van der Waals surface area contributed by atoms with Crippen LogP contribution >= 0.6 is 0 Å². The smallest absolute Gasteiger partial charge is 0.0931 e. The molecule has 6 rings (SSSR count). The summed E-state index contributed by atoms with van der Waals surface area (Å²) in [6, 6.07) is 19.6. The van der Waals surface area contributed by atoms with Crippen molar-refractivity contribution in [3.8, 4) is 0 Å². The third kappa shape index (κ3) is 5.95. The quantitative estimate of drug-likeness (QED) is 0.323. The minimum Gasteiger partial charge on any atom is -0.345 e. The van der Waals surface area contributed by atoms with E-state index in [0.29, 0.717) is 0 Å². The van der Waals surface area contributed by atoms with E-state index in [2.05, 4.69) is 40.3 Å². The van der Waals surface area contributed by atoms with Crippen LogP contribution in [0, 0.1) is 0 Å². The second kappa shape index (κ2) is 10.7. The van der Waals surface area contributed by atoms with Gasteiger partial charge in [-0.05, 0) is 36.4 Å². The number of nitrogens with one attached hydrogen (secondary N) is 4. The molecule has 0 saturated carbocycles. The Morgan fingerprint density at radius 3 is 1.32 bits per heavy atom. The highest BCUT2D eigenvalue weighted by Gasteiger charge is 1.89. The second-order valence-corrected chi connectivity index (χ2v) is 5.37. The average Bonchev–Trinajstić information content (AvgIpc) is 3.56. The van der Waals surface area contributed by atoms with Gasteiger partial charge in [-0.1, -0.05) is 24.3 Å². The van der Waals surface area contributed by atoms with Gasteiger partial charge in [-0.3, -0.25) is 10.2 Å². The molecular weight excluding hydrogens is 352 g/mol. The zero-order valence-corrected chi connectivity index (χ0v) is 15.0. The number of nitrogens with zero attached hydrogens (tertiary/aromatic N) is 4. The van der Waals surface area contributed by atoms with E-state index in [4.69, 9.17) is 0 Å². The van der Waals surface area contributed by atoms with Crippen LogP contribution in [0.1, 0.15) is 0 Å². The lowest BCUT2D eigenvalue weighted by molar-refractivity contribution is 1.09. The lowest BCUT2D eigenvalue weighted by Crippen LogP contribution is -1.63. The molecule has 4 aromatic heterocycles. The maximum atomic E-state index is 4.06. The first-order valence-corrected chi connectivity index (χ1v) is 8.57. The van der Waals surface area contributed by atoms with Gasteiger partial charge in [-0.25, -0.2) is 9.97 Å². The van der Waals surface area contributed by atoms with Crippen molar-refractivity contribution in [2.45, 2.75) is 0 Å². The Morgan fingerprint density at radius 1 is 0.536 bits per heavy atom. The molecule has 0 atom stereocenters. The number of hydrogen-bond donors (Lipinski definition) is 4. The van der Waals surface area contributed by atoms with Crippen molar-refractivity contribution in [3.05, 3.63) is 98.1 Å². The Labute approximate surface area is 161 Å². The van der Waals surface area contributed by atoms with Crippen molar-refractivity contribution in [1.82, 2.24) is 40.3 Å². The Kier molecular flexibility index (Phi) is 7.11. The van der Waals surface area contributed by atoms with E-state index in [0.717, 1.165) is 22.1 Å². The summed E-state index contributed by atoms with van der Waals surface area (Å²) in [5.41, 5.74) is 4.24. The fourth-order valence-corrected chi connectivity index (χ4v) is 2.19. The molecule has 28 heavy (non-hydrogen) atoms. The van der Waals surface area contributed by atoms with Crippen LogP contribution < -0.4 is 0 Å². The Bertz CT molecular complexity index is 936. The molecule has 0 aliphatic rings. The number of aromatic amines is 4. The van der Waals surface area contributed by atoms with Crippen LogP contribution in [-0.4, -0.2) is 40.3 Å². The number of H-pyrrole nitrogens is 4. The minimum atomic E-state index is 1.03. The summed E-state index contributed by atoms with van der Waals surface area (Å²) in [5.74, 6) is 0. The molecule has 0 aliphatic heterocycles. The number of benzene rings is 2. The van der Waals surface area contributed by atoms with E-state index >= 15 is 0 Å². The predicted octanol–water partition coefficient (Wildman–Crippen LogP) is 3.95. The predicted molar refractivity (Wildman–Crippen MR) is 109 cm³/mol. The number of aromatic nitrogens is 8. The molecule has 4 heterocycles. The van der Waals surface area contributed by atoms with E-state index in [9.17, 15) is 0 Å². The second-order valence-electron chi connectivity index (χ2n) is 5.37. The molecule has 8 heteroatoms. The van der Waals surface area contributed by atoms with Gasteiger partial charge in [0.15, 0.2) is 0 Å². The molecule has 0 fully saturated rings. The normalized spacial score (nSPS) is 9.43. The van der Waals surface area contributed by atoms with Gasteiger partial charge >= 0.3 is 0 Å². The van der Waals surface area contributed by atoms with Crippen LogP contribution in [0.4, 0.5) is 0 Å². The van der Waals surface area contributed by atoms with Gasteiger partial charge in [0.2, 0.25) is 0 Å². The SMILES string of the molecule is c1ccc2[nH]cnc2c1.c1ccc2[nH]cnc2c1.c1cn[nH]c1.c1cn[nH]c1. The third-order valence-corrected chi connectivity index (χ3v) is 3.47. The van der Waals surface area contributed by atoms with Crippen LogP contribution in [-0.2, 0) is 0 Å². The first kappa shape index (κ1) is 18.6. The molecule has 0 saturated heterocycles. The Morgan fingerprint density at radius 2 is 1.00 bits per heavy atom. The first-order chi connectivity index (χ1) is 13.9. The number of imidazole rings is 2. The Balaban J connectivity index is 0.000000112. The van der Waals surface area contributed by atoms with Gasteiger partial charge in [-0.15, -0.1) is 0 Å². The summed E-state index contributed by atoms with van der Waals surface area (Å²) in [5, 5.41) is 12.4.